The number of nitrogens with one attached hydrogen (secondary N) is 2. The van der Waals surface area contributed by atoms with Gasteiger partial charge in [0.15, 0.2) is 11.8 Å². The Morgan fingerprint density at radius 1 is 1.64 bits per heavy atom. The zero-order valence-corrected chi connectivity index (χ0v) is 7.41. The fourth-order valence-corrected chi connectivity index (χ4v) is 0.768. The Kier molecular flexibility index (Phi) is 5.06. The van der Waals surface area contributed by atoms with E-state index >= 15 is 0 Å². The zero-order valence-electron chi connectivity index (χ0n) is 5.70. The number of ketones is 1. The molecular weight excluding hydrogens is 187 g/mol. The van der Waals surface area contributed by atoms with E-state index in [0.717, 1.165) is 0 Å². The van der Waals surface area contributed by atoms with Crippen molar-refractivity contribution < 1.29 is 14.7 Å². The summed E-state index contributed by atoms with van der Waals surface area (Å²) in [4.78, 5) is 20.9. The molecule has 0 aliphatic rings. The van der Waals surface area contributed by atoms with Gasteiger partial charge in [-0.05, 0) is 18.7 Å². The average molecular weight is 194 g/mol. The quantitative estimate of drug-likeness (QED) is 0.309. The van der Waals surface area contributed by atoms with E-state index in [9.17, 15) is 9.59 Å². The summed E-state index contributed by atoms with van der Waals surface area (Å²) in [6.07, 6.45) is 0. The summed E-state index contributed by atoms with van der Waals surface area (Å²) in [6, 6.07) is -1.22. The highest BCUT2D eigenvalue weighted by Crippen LogP contribution is 1.86. The molecular formula is C4H7N2O3PS. The van der Waals surface area contributed by atoms with E-state index < -0.39 is 17.8 Å². The van der Waals surface area contributed by atoms with Crippen LogP contribution < -0.4 is 10.6 Å². The molecule has 0 spiro atoms. The number of hydrazine groups is 1. The lowest BCUT2D eigenvalue weighted by Crippen LogP contribution is -2.46. The van der Waals surface area contributed by atoms with E-state index in [0.29, 0.717) is 7.51 Å². The number of hydrogen-bond acceptors (Lipinski definition) is 4. The second-order valence-electron chi connectivity index (χ2n) is 1.73. The van der Waals surface area contributed by atoms with Crippen LogP contribution in [0.3, 0.4) is 0 Å². The van der Waals surface area contributed by atoms with Crippen molar-refractivity contribution in [3.05, 3.63) is 0 Å². The molecule has 0 aromatic carbocycles. The van der Waals surface area contributed by atoms with Crippen molar-refractivity contribution in [1.29, 1.82) is 0 Å². The van der Waals surface area contributed by atoms with Crippen molar-refractivity contribution >= 4 is 31.1 Å². The van der Waals surface area contributed by atoms with Crippen molar-refractivity contribution in [2.24, 2.45) is 0 Å². The van der Waals surface area contributed by atoms with Crippen LogP contribution in [-0.2, 0) is 21.4 Å². The number of carbonyl (C=O) groups is 2. The number of hydrogen-bond donors (Lipinski definition) is 3. The Morgan fingerprint density at radius 2 is 2.18 bits per heavy atom. The lowest BCUT2D eigenvalue weighted by atomic mass is 10.2. The van der Waals surface area contributed by atoms with Crippen LogP contribution in [0, 0.1) is 0 Å². The van der Waals surface area contributed by atoms with Crippen LogP contribution in [0.1, 0.15) is 6.92 Å². The van der Waals surface area contributed by atoms with Crippen LogP contribution in [0.2, 0.25) is 0 Å². The topological polar surface area (TPSA) is 78.4 Å². The fraction of sp³-hybridized carbons (Fsp3) is 0.500. The minimum atomic E-state index is -1.22. The molecule has 0 aliphatic carbocycles. The third-order valence-electron chi connectivity index (χ3n) is 0.908. The van der Waals surface area contributed by atoms with E-state index in [1.165, 1.54) is 6.92 Å². The molecule has 11 heavy (non-hydrogen) atoms. The number of carboxylic acid groups (broad SMARTS) is 1. The van der Waals surface area contributed by atoms with E-state index in [-0.39, 0.29) is 0 Å². The van der Waals surface area contributed by atoms with Gasteiger partial charge in [-0.2, -0.15) is 5.20 Å². The molecule has 1 atom stereocenters. The van der Waals surface area contributed by atoms with Gasteiger partial charge in [0.05, 0.1) is 7.51 Å². The van der Waals surface area contributed by atoms with Crippen molar-refractivity contribution in [2.45, 2.75) is 13.0 Å². The number of carboxylic acids is 1. The maximum atomic E-state index is 10.6. The molecule has 0 saturated heterocycles. The molecule has 0 bridgehead atoms. The summed E-state index contributed by atoms with van der Waals surface area (Å²) in [5, 5.41) is 10.8. The van der Waals surface area contributed by atoms with Gasteiger partial charge in [-0.3, -0.25) is 4.79 Å². The summed E-state index contributed by atoms with van der Waals surface area (Å²) < 4.78 is 0. The zero-order chi connectivity index (χ0) is 8.85. The van der Waals surface area contributed by atoms with E-state index in [1.54, 1.807) is 0 Å². The highest BCUT2D eigenvalue weighted by molar-refractivity contribution is 7.95. The first-order valence-electron chi connectivity index (χ1n) is 2.65. The fourth-order valence-electron chi connectivity index (χ4n) is 0.428. The molecule has 0 radical (unpaired) electrons. The lowest BCUT2D eigenvalue weighted by molar-refractivity contribution is -0.143. The van der Waals surface area contributed by atoms with Gasteiger partial charge >= 0.3 is 5.97 Å². The first kappa shape index (κ1) is 10.6. The van der Waals surface area contributed by atoms with Gasteiger partial charge in [-0.1, -0.05) is 0 Å². The second kappa shape index (κ2) is 5.26. The Labute approximate surface area is 70.0 Å². The van der Waals surface area contributed by atoms with Crippen LogP contribution >= 0.6 is 7.51 Å². The van der Waals surface area contributed by atoms with Gasteiger partial charge < -0.3 is 5.11 Å². The predicted octanol–water partition coefficient (Wildman–Crippen LogP) is -0.554. The van der Waals surface area contributed by atoms with Crippen molar-refractivity contribution in [2.75, 3.05) is 0 Å². The smallest absolute Gasteiger partial charge is 0.329 e. The van der Waals surface area contributed by atoms with Gasteiger partial charge in [-0.15, -0.1) is 0 Å². The largest absolute Gasteiger partial charge is 0.480 e. The van der Waals surface area contributed by atoms with Crippen molar-refractivity contribution in [3.8, 4) is 0 Å². The third-order valence-corrected chi connectivity index (χ3v) is 1.40. The van der Waals surface area contributed by atoms with Crippen LogP contribution in [0.4, 0.5) is 0 Å². The van der Waals surface area contributed by atoms with Gasteiger partial charge in [0, 0.05) is 0 Å². The highest BCUT2D eigenvalue weighted by atomic mass is 32.4. The number of Topliss-reactive ketones (excluding diaryl/α,β-unsaturated/α-hetero) is 1. The molecule has 7 heteroatoms. The van der Waals surface area contributed by atoms with Crippen molar-refractivity contribution in [3.63, 3.8) is 0 Å². The maximum absolute atomic E-state index is 10.6. The molecule has 0 aliphatic heterocycles. The summed E-state index contributed by atoms with van der Waals surface area (Å²) in [6.45, 7) is 1.19. The number of carbonyl (C=O) groups excluding carboxylic acids is 1. The minimum absolute atomic E-state index is 0.357. The van der Waals surface area contributed by atoms with Gasteiger partial charge in [0.2, 0.25) is 0 Å². The number of aliphatic carboxylic acids is 1. The molecule has 0 heterocycles. The maximum Gasteiger partial charge on any atom is 0.329 e. The molecule has 0 fully saturated rings. The molecule has 62 valence electrons. The average Bonchev–Trinajstić information content (AvgIpc) is 1.87. The summed E-state index contributed by atoms with van der Waals surface area (Å²) in [5.74, 6) is -1.69. The Hall–Kier alpha value is -0.420. The summed E-state index contributed by atoms with van der Waals surface area (Å²) in [5.41, 5.74) is 2.25. The van der Waals surface area contributed by atoms with Gasteiger partial charge in [0.1, 0.15) is 0 Å². The third kappa shape index (κ3) is 4.10. The van der Waals surface area contributed by atoms with Gasteiger partial charge in [0.25, 0.3) is 0 Å². The second-order valence-corrected chi connectivity index (χ2v) is 2.68. The molecule has 0 amide bonds. The first-order valence-corrected chi connectivity index (χ1v) is 4.56. The summed E-state index contributed by atoms with van der Waals surface area (Å²) in [7, 11) is 0.357. The van der Waals surface area contributed by atoms with Crippen molar-refractivity contribution in [1.82, 2.24) is 10.6 Å². The molecule has 0 saturated carbocycles. The molecule has 0 aromatic rings. The normalized spacial score (nSPS) is 12.8. The predicted molar refractivity (Wildman–Crippen MR) is 42.7 cm³/mol. The highest BCUT2D eigenvalue weighted by Gasteiger charge is 2.20. The standard InChI is InChI=1S/C4H7N2O3PS/c1-2(7)3(4(8)9)5-6-10-11/h3,5H,1H3,(H,6,11)(H,8,9). The minimum Gasteiger partial charge on any atom is -0.480 e. The SMILES string of the molecule is CC(=O)C(NNP=S)C(=O)O. The monoisotopic (exact) mass is 194 g/mol. The molecule has 3 N–H and O–H groups in total. The van der Waals surface area contributed by atoms with Crippen LogP contribution in [0.5, 0.6) is 0 Å². The van der Waals surface area contributed by atoms with Gasteiger partial charge in [-0.25, -0.2) is 10.2 Å². The van der Waals surface area contributed by atoms with E-state index in [2.05, 4.69) is 22.4 Å². The summed E-state index contributed by atoms with van der Waals surface area (Å²) >= 11 is 4.44. The van der Waals surface area contributed by atoms with E-state index in [1.807, 2.05) is 0 Å². The Balaban J connectivity index is 4.00. The molecule has 0 rings (SSSR count). The molecule has 0 aromatic heterocycles. The van der Waals surface area contributed by atoms with E-state index in [4.69, 9.17) is 5.11 Å². The number of rotatable bonds is 5. The molecule has 1 unspecified atom stereocenters. The van der Waals surface area contributed by atoms with Crippen LogP contribution in [0.15, 0.2) is 0 Å². The lowest BCUT2D eigenvalue weighted by Gasteiger charge is -2.07. The molecule has 5 nitrogen and oxygen atoms in total. The first-order chi connectivity index (χ1) is 5.09. The van der Waals surface area contributed by atoms with Crippen LogP contribution in [0.25, 0.3) is 0 Å². The van der Waals surface area contributed by atoms with Crippen LogP contribution in [-0.4, -0.2) is 22.9 Å². The Bertz CT molecular complexity index is 172. The Morgan fingerprint density at radius 3 is 2.45 bits per heavy atom.